The highest BCUT2D eigenvalue weighted by atomic mass is 79.9. The molecule has 0 fully saturated rings. The Labute approximate surface area is 161 Å². The predicted octanol–water partition coefficient (Wildman–Crippen LogP) is 3.52. The fraction of sp³-hybridized carbons (Fsp3) is 0.312. The number of nitrogens with one attached hydrogen (secondary N) is 1. The molecule has 0 aliphatic carbocycles. The van der Waals surface area contributed by atoms with E-state index >= 15 is 0 Å². The predicted molar refractivity (Wildman–Crippen MR) is 99.5 cm³/mol. The summed E-state index contributed by atoms with van der Waals surface area (Å²) in [5.74, 6) is 0.00589. The minimum absolute atomic E-state index is 0.0150. The Morgan fingerprint density at radius 3 is 2.88 bits per heavy atom. The van der Waals surface area contributed by atoms with Gasteiger partial charge in [-0.25, -0.2) is 13.3 Å². The molecule has 26 heavy (non-hydrogen) atoms. The lowest BCUT2D eigenvalue weighted by Crippen LogP contribution is -2.31. The number of alkyl halides is 1. The lowest BCUT2D eigenvalue weighted by atomic mass is 10.1. The van der Waals surface area contributed by atoms with Crippen molar-refractivity contribution < 1.29 is 8.78 Å². The summed E-state index contributed by atoms with van der Waals surface area (Å²) < 4.78 is 29.3. The second-order valence-corrected chi connectivity index (χ2v) is 6.94. The van der Waals surface area contributed by atoms with Crippen LogP contribution in [-0.4, -0.2) is 31.8 Å². The number of rotatable bonds is 6. The number of anilines is 1. The molecule has 0 bridgehead atoms. The Bertz CT molecular complexity index is 932. The van der Waals surface area contributed by atoms with Crippen LogP contribution >= 0.6 is 27.5 Å². The molecule has 0 radical (unpaired) electrons. The fourth-order valence-corrected chi connectivity index (χ4v) is 3.17. The van der Waals surface area contributed by atoms with Crippen LogP contribution in [0.5, 0.6) is 0 Å². The molecule has 3 aromatic rings. The molecule has 0 aromatic carbocycles. The average Bonchev–Trinajstić information content (AvgIpc) is 2.90. The summed E-state index contributed by atoms with van der Waals surface area (Å²) in [6.45, 7) is 1.61. The second kappa shape index (κ2) is 7.81. The quantitative estimate of drug-likeness (QED) is 0.607. The maximum Gasteiger partial charge on any atom is 0.243 e. The normalized spacial score (nSPS) is 13.8. The van der Waals surface area contributed by atoms with Crippen LogP contribution in [0, 0.1) is 5.82 Å². The summed E-state index contributed by atoms with van der Waals surface area (Å²) >= 11 is 9.45. The number of nitrogens with two attached hydrogens (primary N) is 1. The Balaban J connectivity index is 1.94. The topological polar surface area (TPSA) is 81.1 Å². The second-order valence-electron chi connectivity index (χ2n) is 5.85. The Morgan fingerprint density at radius 1 is 1.42 bits per heavy atom. The molecular formula is C16H16BrClF2N6. The van der Waals surface area contributed by atoms with E-state index in [0.717, 1.165) is 11.8 Å². The lowest BCUT2D eigenvalue weighted by molar-refractivity contribution is 0.304. The van der Waals surface area contributed by atoms with Crippen LogP contribution < -0.4 is 11.1 Å². The van der Waals surface area contributed by atoms with Gasteiger partial charge in [0.25, 0.3) is 0 Å². The molecule has 0 aliphatic rings. The summed E-state index contributed by atoms with van der Waals surface area (Å²) in [7, 11) is 0. The van der Waals surface area contributed by atoms with Crippen LogP contribution in [0.3, 0.4) is 0 Å². The van der Waals surface area contributed by atoms with E-state index in [9.17, 15) is 8.78 Å². The standard InChI is InChI=1S/C16H16BrClF2N6/c1-8(19)12(21)4-10-5-13-15(24-16(18)25-26(13)14(10)17)23-6-9-2-3-22-7-11(9)20/h2-3,5,7-8,12H,4,6,21H2,1H3,(H,23,24,25)/t8-,12+/m0/s1. The van der Waals surface area contributed by atoms with E-state index in [1.165, 1.54) is 13.1 Å². The molecule has 138 valence electrons. The van der Waals surface area contributed by atoms with E-state index < -0.39 is 18.0 Å². The van der Waals surface area contributed by atoms with E-state index in [4.69, 9.17) is 17.3 Å². The van der Waals surface area contributed by atoms with Crippen molar-refractivity contribution in [1.29, 1.82) is 0 Å². The molecule has 0 unspecified atom stereocenters. The molecule has 0 spiro atoms. The largest absolute Gasteiger partial charge is 0.364 e. The van der Waals surface area contributed by atoms with Crippen molar-refractivity contribution in [2.45, 2.75) is 32.1 Å². The fourth-order valence-electron chi connectivity index (χ4n) is 2.46. The Hall–Kier alpha value is -1.84. The number of fused-ring (bicyclic) bond motifs is 1. The van der Waals surface area contributed by atoms with Crippen LogP contribution in [0.2, 0.25) is 5.28 Å². The van der Waals surface area contributed by atoms with Gasteiger partial charge in [-0.1, -0.05) is 0 Å². The van der Waals surface area contributed by atoms with Gasteiger partial charge in [-0.3, -0.25) is 4.98 Å². The van der Waals surface area contributed by atoms with Crippen molar-refractivity contribution in [2.24, 2.45) is 5.73 Å². The smallest absolute Gasteiger partial charge is 0.243 e. The molecule has 0 aliphatic heterocycles. The first-order valence-corrected chi connectivity index (χ1v) is 8.99. The maximum atomic E-state index is 13.7. The van der Waals surface area contributed by atoms with Gasteiger partial charge in [-0.15, -0.1) is 5.10 Å². The number of pyridine rings is 1. The highest BCUT2D eigenvalue weighted by Gasteiger charge is 2.19. The summed E-state index contributed by atoms with van der Waals surface area (Å²) in [6, 6.07) is 2.73. The third-order valence-corrected chi connectivity index (χ3v) is 4.97. The molecule has 0 amide bonds. The molecule has 0 saturated heterocycles. The molecule has 3 N–H and O–H groups in total. The maximum absolute atomic E-state index is 13.7. The van der Waals surface area contributed by atoms with E-state index in [2.05, 4.69) is 36.3 Å². The first-order chi connectivity index (χ1) is 12.4. The number of hydrogen-bond donors (Lipinski definition) is 2. The van der Waals surface area contributed by atoms with Crippen LogP contribution in [0.15, 0.2) is 29.1 Å². The monoisotopic (exact) mass is 444 g/mol. The van der Waals surface area contributed by atoms with Gasteiger partial charge in [0.05, 0.1) is 6.20 Å². The number of hydrogen-bond acceptors (Lipinski definition) is 5. The molecule has 2 atom stereocenters. The van der Waals surface area contributed by atoms with Gasteiger partial charge < -0.3 is 11.1 Å². The van der Waals surface area contributed by atoms with Crippen molar-refractivity contribution in [3.63, 3.8) is 0 Å². The van der Waals surface area contributed by atoms with Crippen LogP contribution in [-0.2, 0) is 13.0 Å². The number of halogens is 4. The molecule has 0 saturated carbocycles. The first kappa shape index (κ1) is 18.9. The molecule has 3 rings (SSSR count). The van der Waals surface area contributed by atoms with Gasteiger partial charge in [0.2, 0.25) is 5.28 Å². The van der Waals surface area contributed by atoms with Gasteiger partial charge >= 0.3 is 0 Å². The van der Waals surface area contributed by atoms with E-state index in [1.54, 1.807) is 16.6 Å². The van der Waals surface area contributed by atoms with E-state index in [-0.39, 0.29) is 11.8 Å². The summed E-state index contributed by atoms with van der Waals surface area (Å²) in [6.07, 6.45) is 1.82. The SMILES string of the molecule is C[C@H](F)[C@H](N)Cc1cc2c(NCc3ccncc3F)nc(Cl)nn2c1Br. The molecular weight excluding hydrogens is 430 g/mol. The minimum Gasteiger partial charge on any atom is -0.364 e. The summed E-state index contributed by atoms with van der Waals surface area (Å²) in [5, 5.41) is 7.21. The van der Waals surface area contributed by atoms with Gasteiger partial charge in [-0.2, -0.15) is 4.98 Å². The van der Waals surface area contributed by atoms with Crippen molar-refractivity contribution in [3.8, 4) is 0 Å². The van der Waals surface area contributed by atoms with Gasteiger partial charge in [0, 0.05) is 24.3 Å². The molecule has 3 aromatic heterocycles. The lowest BCUT2D eigenvalue weighted by Gasteiger charge is -2.11. The minimum atomic E-state index is -1.15. The number of nitrogens with zero attached hydrogens (tertiary/aromatic N) is 4. The zero-order valence-electron chi connectivity index (χ0n) is 13.8. The van der Waals surface area contributed by atoms with Gasteiger partial charge in [0.15, 0.2) is 5.82 Å². The van der Waals surface area contributed by atoms with Gasteiger partial charge in [0.1, 0.15) is 22.1 Å². The molecule has 6 nitrogen and oxygen atoms in total. The third kappa shape index (κ3) is 3.94. The van der Waals surface area contributed by atoms with Crippen molar-refractivity contribution >= 4 is 38.9 Å². The molecule has 3 heterocycles. The highest BCUT2D eigenvalue weighted by molar-refractivity contribution is 9.10. The Kier molecular flexibility index (Phi) is 5.69. The zero-order valence-corrected chi connectivity index (χ0v) is 16.1. The summed E-state index contributed by atoms with van der Waals surface area (Å²) in [4.78, 5) is 7.89. The van der Waals surface area contributed by atoms with E-state index in [0.29, 0.717) is 27.9 Å². The Morgan fingerprint density at radius 2 is 2.19 bits per heavy atom. The molecule has 10 heteroatoms. The van der Waals surface area contributed by atoms with Crippen molar-refractivity contribution in [1.82, 2.24) is 19.6 Å². The van der Waals surface area contributed by atoms with Gasteiger partial charge in [-0.05, 0) is 58.6 Å². The van der Waals surface area contributed by atoms with E-state index in [1.807, 2.05) is 0 Å². The average molecular weight is 446 g/mol. The zero-order chi connectivity index (χ0) is 18.8. The number of aromatic nitrogens is 4. The van der Waals surface area contributed by atoms with Crippen LogP contribution in [0.4, 0.5) is 14.6 Å². The summed E-state index contributed by atoms with van der Waals surface area (Å²) in [5.41, 5.74) is 7.66. The first-order valence-electron chi connectivity index (χ1n) is 7.82. The van der Waals surface area contributed by atoms with Crippen LogP contribution in [0.25, 0.3) is 5.52 Å². The highest BCUT2D eigenvalue weighted by Crippen LogP contribution is 2.28. The van der Waals surface area contributed by atoms with Crippen molar-refractivity contribution in [3.05, 3.63) is 51.4 Å². The van der Waals surface area contributed by atoms with Crippen molar-refractivity contribution in [2.75, 3.05) is 5.32 Å². The van der Waals surface area contributed by atoms with Crippen LogP contribution in [0.1, 0.15) is 18.1 Å². The third-order valence-electron chi connectivity index (χ3n) is 3.97.